The van der Waals surface area contributed by atoms with Gasteiger partial charge in [0.1, 0.15) is 0 Å². The van der Waals surface area contributed by atoms with Crippen molar-refractivity contribution in [2.45, 2.75) is 32.4 Å². The second-order valence-electron chi connectivity index (χ2n) is 3.46. The van der Waals surface area contributed by atoms with Gasteiger partial charge in [0.15, 0.2) is 0 Å². The SMILES string of the molecule is CC(C)NC1(C)CNC1. The summed E-state index contributed by atoms with van der Waals surface area (Å²) in [6.45, 7) is 8.85. The fraction of sp³-hybridized carbons (Fsp3) is 1.00. The third-order valence-electron chi connectivity index (χ3n) is 1.67. The fourth-order valence-electron chi connectivity index (χ4n) is 1.30. The van der Waals surface area contributed by atoms with Crippen LogP contribution in [-0.4, -0.2) is 24.7 Å². The van der Waals surface area contributed by atoms with Crippen molar-refractivity contribution in [2.24, 2.45) is 0 Å². The molecule has 0 unspecified atom stereocenters. The average Bonchev–Trinajstić information content (AvgIpc) is 1.60. The van der Waals surface area contributed by atoms with E-state index in [9.17, 15) is 0 Å². The van der Waals surface area contributed by atoms with Crippen molar-refractivity contribution >= 4 is 0 Å². The molecule has 54 valence electrons. The molecule has 1 saturated heterocycles. The Hall–Kier alpha value is -0.0800. The Labute approximate surface area is 57.0 Å². The van der Waals surface area contributed by atoms with E-state index >= 15 is 0 Å². The molecule has 2 nitrogen and oxygen atoms in total. The zero-order chi connectivity index (χ0) is 6.91. The van der Waals surface area contributed by atoms with Crippen LogP contribution in [0.3, 0.4) is 0 Å². The monoisotopic (exact) mass is 128 g/mol. The molecule has 0 aromatic carbocycles. The van der Waals surface area contributed by atoms with Gasteiger partial charge in [-0.3, -0.25) is 0 Å². The Morgan fingerprint density at radius 3 is 2.11 bits per heavy atom. The summed E-state index contributed by atoms with van der Waals surface area (Å²) in [5.41, 5.74) is 0.383. The molecule has 0 atom stereocenters. The van der Waals surface area contributed by atoms with Crippen LogP contribution < -0.4 is 10.6 Å². The third kappa shape index (κ3) is 1.66. The van der Waals surface area contributed by atoms with Crippen molar-refractivity contribution in [2.75, 3.05) is 13.1 Å². The largest absolute Gasteiger partial charge is 0.313 e. The van der Waals surface area contributed by atoms with Gasteiger partial charge in [-0.25, -0.2) is 0 Å². The second kappa shape index (κ2) is 2.27. The molecular weight excluding hydrogens is 112 g/mol. The summed E-state index contributed by atoms with van der Waals surface area (Å²) < 4.78 is 0. The molecule has 2 heteroatoms. The van der Waals surface area contributed by atoms with Gasteiger partial charge in [0, 0.05) is 24.7 Å². The summed E-state index contributed by atoms with van der Waals surface area (Å²) in [5, 5.41) is 6.74. The van der Waals surface area contributed by atoms with Gasteiger partial charge in [-0.1, -0.05) is 13.8 Å². The van der Waals surface area contributed by atoms with Crippen LogP contribution in [0.2, 0.25) is 0 Å². The van der Waals surface area contributed by atoms with Crippen LogP contribution in [0.15, 0.2) is 0 Å². The molecule has 0 aromatic heterocycles. The van der Waals surface area contributed by atoms with Crippen molar-refractivity contribution < 1.29 is 0 Å². The molecule has 1 fully saturated rings. The molecule has 0 aromatic rings. The van der Waals surface area contributed by atoms with Crippen molar-refractivity contribution in [1.82, 2.24) is 10.6 Å². The van der Waals surface area contributed by atoms with Gasteiger partial charge in [0.25, 0.3) is 0 Å². The minimum Gasteiger partial charge on any atom is -0.313 e. The van der Waals surface area contributed by atoms with Gasteiger partial charge in [-0.05, 0) is 6.92 Å². The predicted octanol–water partition coefficient (Wildman–Crippen LogP) is 0.346. The average molecular weight is 128 g/mol. The smallest absolute Gasteiger partial charge is 0.0405 e. The molecular formula is C7H16N2. The van der Waals surface area contributed by atoms with Gasteiger partial charge in [0.2, 0.25) is 0 Å². The van der Waals surface area contributed by atoms with Crippen molar-refractivity contribution in [1.29, 1.82) is 0 Å². The zero-order valence-corrected chi connectivity index (χ0v) is 6.49. The van der Waals surface area contributed by atoms with E-state index in [2.05, 4.69) is 31.4 Å². The molecule has 0 amide bonds. The summed E-state index contributed by atoms with van der Waals surface area (Å²) in [4.78, 5) is 0. The van der Waals surface area contributed by atoms with Gasteiger partial charge in [-0.2, -0.15) is 0 Å². The predicted molar refractivity (Wildman–Crippen MR) is 39.5 cm³/mol. The summed E-state index contributed by atoms with van der Waals surface area (Å²) in [6, 6.07) is 0.608. The van der Waals surface area contributed by atoms with Crippen LogP contribution in [0.5, 0.6) is 0 Å². The Morgan fingerprint density at radius 1 is 1.44 bits per heavy atom. The lowest BCUT2D eigenvalue weighted by Gasteiger charge is -2.41. The van der Waals surface area contributed by atoms with Crippen molar-refractivity contribution in [3.8, 4) is 0 Å². The maximum atomic E-state index is 3.49. The molecule has 1 rings (SSSR count). The lowest BCUT2D eigenvalue weighted by Crippen LogP contribution is -2.67. The van der Waals surface area contributed by atoms with E-state index in [4.69, 9.17) is 0 Å². The number of hydrogen-bond acceptors (Lipinski definition) is 2. The Morgan fingerprint density at radius 2 is 2.00 bits per heavy atom. The first-order valence-electron chi connectivity index (χ1n) is 3.61. The number of hydrogen-bond donors (Lipinski definition) is 2. The molecule has 0 bridgehead atoms. The molecule has 0 saturated carbocycles. The van der Waals surface area contributed by atoms with Crippen molar-refractivity contribution in [3.05, 3.63) is 0 Å². The first-order valence-corrected chi connectivity index (χ1v) is 3.61. The maximum Gasteiger partial charge on any atom is 0.0405 e. The normalized spacial score (nSPS) is 24.0. The quantitative estimate of drug-likeness (QED) is 0.560. The highest BCUT2D eigenvalue weighted by Crippen LogP contribution is 2.09. The van der Waals surface area contributed by atoms with Crippen LogP contribution >= 0.6 is 0 Å². The lowest BCUT2D eigenvalue weighted by atomic mass is 9.94. The maximum absolute atomic E-state index is 3.49. The first-order chi connectivity index (χ1) is 4.12. The van der Waals surface area contributed by atoms with E-state index < -0.39 is 0 Å². The van der Waals surface area contributed by atoms with Gasteiger partial charge in [-0.15, -0.1) is 0 Å². The van der Waals surface area contributed by atoms with Crippen molar-refractivity contribution in [3.63, 3.8) is 0 Å². The van der Waals surface area contributed by atoms with Crippen LogP contribution in [-0.2, 0) is 0 Å². The van der Waals surface area contributed by atoms with Crippen LogP contribution in [0.4, 0.5) is 0 Å². The lowest BCUT2D eigenvalue weighted by molar-refractivity contribution is 0.222. The fourth-order valence-corrected chi connectivity index (χ4v) is 1.30. The van der Waals surface area contributed by atoms with E-state index in [0.717, 1.165) is 13.1 Å². The van der Waals surface area contributed by atoms with E-state index in [0.29, 0.717) is 11.6 Å². The van der Waals surface area contributed by atoms with Gasteiger partial charge >= 0.3 is 0 Å². The molecule has 2 N–H and O–H groups in total. The summed E-state index contributed by atoms with van der Waals surface area (Å²) in [6.07, 6.45) is 0. The molecule has 0 aliphatic carbocycles. The minimum absolute atomic E-state index is 0.383. The van der Waals surface area contributed by atoms with Gasteiger partial charge in [0.05, 0.1) is 0 Å². The highest BCUT2D eigenvalue weighted by atomic mass is 15.1. The molecule has 0 spiro atoms. The minimum atomic E-state index is 0.383. The van der Waals surface area contributed by atoms with E-state index in [-0.39, 0.29) is 0 Å². The molecule has 0 radical (unpaired) electrons. The highest BCUT2D eigenvalue weighted by Gasteiger charge is 2.31. The molecule has 9 heavy (non-hydrogen) atoms. The summed E-state index contributed by atoms with van der Waals surface area (Å²) in [5.74, 6) is 0. The zero-order valence-electron chi connectivity index (χ0n) is 6.49. The summed E-state index contributed by atoms with van der Waals surface area (Å²) >= 11 is 0. The highest BCUT2D eigenvalue weighted by molar-refractivity contribution is 4.96. The molecule has 1 aliphatic rings. The van der Waals surface area contributed by atoms with E-state index in [1.54, 1.807) is 0 Å². The van der Waals surface area contributed by atoms with Crippen LogP contribution in [0.25, 0.3) is 0 Å². The van der Waals surface area contributed by atoms with Gasteiger partial charge < -0.3 is 10.6 Å². The van der Waals surface area contributed by atoms with Crippen LogP contribution in [0.1, 0.15) is 20.8 Å². The number of nitrogens with one attached hydrogen (secondary N) is 2. The first kappa shape index (κ1) is 7.03. The van der Waals surface area contributed by atoms with Crippen LogP contribution in [0, 0.1) is 0 Å². The standard InChI is InChI=1S/C7H16N2/c1-6(2)9-7(3)4-8-5-7/h6,8-9H,4-5H2,1-3H3. The third-order valence-corrected chi connectivity index (χ3v) is 1.67. The Balaban J connectivity index is 2.24. The Bertz CT molecular complexity index is 95.1. The summed E-state index contributed by atoms with van der Waals surface area (Å²) in [7, 11) is 0. The topological polar surface area (TPSA) is 24.1 Å². The number of rotatable bonds is 2. The van der Waals surface area contributed by atoms with E-state index in [1.807, 2.05) is 0 Å². The molecule has 1 heterocycles. The molecule has 1 aliphatic heterocycles. The second-order valence-corrected chi connectivity index (χ2v) is 3.46. The Kier molecular flexibility index (Phi) is 1.78. The van der Waals surface area contributed by atoms with E-state index in [1.165, 1.54) is 0 Å².